The van der Waals surface area contributed by atoms with Crippen LogP contribution < -0.4 is 10.5 Å². The normalized spacial score (nSPS) is 10.1. The zero-order chi connectivity index (χ0) is 13.5. The molecule has 0 atom stereocenters. The second-order valence-electron chi connectivity index (χ2n) is 4.20. The molecule has 0 saturated heterocycles. The van der Waals surface area contributed by atoms with Crippen molar-refractivity contribution in [2.24, 2.45) is 5.18 Å². The lowest BCUT2D eigenvalue weighted by Gasteiger charge is -2.06. The van der Waals surface area contributed by atoms with Crippen molar-refractivity contribution in [2.75, 3.05) is 18.9 Å². The van der Waals surface area contributed by atoms with Gasteiger partial charge in [0.1, 0.15) is 5.75 Å². The summed E-state index contributed by atoms with van der Waals surface area (Å²) in [7, 11) is 0. The lowest BCUT2D eigenvalue weighted by atomic mass is 10.1. The fourth-order valence-electron chi connectivity index (χ4n) is 1.74. The predicted molar refractivity (Wildman–Crippen MR) is 77.1 cm³/mol. The molecule has 0 amide bonds. The van der Waals surface area contributed by atoms with Gasteiger partial charge >= 0.3 is 0 Å². The van der Waals surface area contributed by atoms with Gasteiger partial charge in [-0.25, -0.2) is 0 Å². The summed E-state index contributed by atoms with van der Waals surface area (Å²) in [5.41, 5.74) is 8.64. The SMILES string of the molecule is Nc1ccc(-c2ccc(OCCCN=O)cc2)cc1. The minimum absolute atomic E-state index is 0.295. The van der Waals surface area contributed by atoms with Crippen LogP contribution in [-0.4, -0.2) is 13.2 Å². The van der Waals surface area contributed by atoms with Crippen LogP contribution in [0.1, 0.15) is 6.42 Å². The van der Waals surface area contributed by atoms with E-state index in [1.807, 2.05) is 48.5 Å². The van der Waals surface area contributed by atoms with Gasteiger partial charge in [-0.1, -0.05) is 29.4 Å². The zero-order valence-electron chi connectivity index (χ0n) is 10.6. The largest absolute Gasteiger partial charge is 0.494 e. The first-order valence-electron chi connectivity index (χ1n) is 6.17. The van der Waals surface area contributed by atoms with Crippen molar-refractivity contribution in [1.29, 1.82) is 0 Å². The van der Waals surface area contributed by atoms with Crippen LogP contribution in [-0.2, 0) is 0 Å². The highest BCUT2D eigenvalue weighted by molar-refractivity contribution is 5.66. The number of hydrogen-bond acceptors (Lipinski definition) is 4. The van der Waals surface area contributed by atoms with Gasteiger partial charge in [-0.3, -0.25) is 0 Å². The van der Waals surface area contributed by atoms with Gasteiger partial charge in [0.15, 0.2) is 0 Å². The van der Waals surface area contributed by atoms with Crippen LogP contribution >= 0.6 is 0 Å². The second-order valence-corrected chi connectivity index (χ2v) is 4.20. The third-order valence-corrected chi connectivity index (χ3v) is 2.76. The molecule has 0 aliphatic rings. The molecule has 98 valence electrons. The molecule has 4 heteroatoms. The average molecular weight is 256 g/mol. The highest BCUT2D eigenvalue weighted by atomic mass is 16.5. The number of rotatable bonds is 6. The molecule has 2 N–H and O–H groups in total. The van der Waals surface area contributed by atoms with Crippen molar-refractivity contribution in [2.45, 2.75) is 6.42 Å². The number of nitrogens with zero attached hydrogens (tertiary/aromatic N) is 1. The molecule has 2 rings (SSSR count). The first kappa shape index (κ1) is 13.1. The lowest BCUT2D eigenvalue weighted by molar-refractivity contribution is 0.313. The Bertz CT molecular complexity index is 521. The summed E-state index contributed by atoms with van der Waals surface area (Å²) >= 11 is 0. The Labute approximate surface area is 112 Å². The third kappa shape index (κ3) is 3.81. The van der Waals surface area contributed by atoms with E-state index in [4.69, 9.17) is 10.5 Å². The average Bonchev–Trinajstić information content (AvgIpc) is 2.45. The fraction of sp³-hybridized carbons (Fsp3) is 0.200. The monoisotopic (exact) mass is 256 g/mol. The van der Waals surface area contributed by atoms with Crippen molar-refractivity contribution in [3.05, 3.63) is 53.4 Å². The Morgan fingerprint density at radius 2 is 1.53 bits per heavy atom. The van der Waals surface area contributed by atoms with Crippen LogP contribution in [0.25, 0.3) is 11.1 Å². The summed E-state index contributed by atoms with van der Waals surface area (Å²) in [6, 6.07) is 15.6. The highest BCUT2D eigenvalue weighted by Crippen LogP contribution is 2.23. The summed E-state index contributed by atoms with van der Waals surface area (Å²) in [5, 5.41) is 2.79. The van der Waals surface area contributed by atoms with E-state index in [-0.39, 0.29) is 0 Å². The number of nitroso groups, excluding NO2 is 1. The quantitative estimate of drug-likeness (QED) is 0.489. The van der Waals surface area contributed by atoms with Crippen molar-refractivity contribution in [3.8, 4) is 16.9 Å². The molecule has 0 aliphatic carbocycles. The highest BCUT2D eigenvalue weighted by Gasteiger charge is 1.99. The second kappa shape index (κ2) is 6.54. The van der Waals surface area contributed by atoms with Crippen LogP contribution in [0.15, 0.2) is 53.7 Å². The fourth-order valence-corrected chi connectivity index (χ4v) is 1.74. The van der Waals surface area contributed by atoms with Gasteiger partial charge in [0.25, 0.3) is 0 Å². The van der Waals surface area contributed by atoms with Crippen LogP contribution in [0.2, 0.25) is 0 Å². The molecular weight excluding hydrogens is 240 g/mol. The summed E-state index contributed by atoms with van der Waals surface area (Å²) in [5.74, 6) is 0.796. The van der Waals surface area contributed by atoms with Gasteiger partial charge in [-0.2, -0.15) is 4.91 Å². The Morgan fingerprint density at radius 1 is 0.947 bits per heavy atom. The van der Waals surface area contributed by atoms with Crippen LogP contribution in [0.5, 0.6) is 5.75 Å². The summed E-state index contributed by atoms with van der Waals surface area (Å²) < 4.78 is 5.50. The summed E-state index contributed by atoms with van der Waals surface area (Å²) in [6.07, 6.45) is 0.642. The Morgan fingerprint density at radius 3 is 2.11 bits per heavy atom. The van der Waals surface area contributed by atoms with Crippen molar-refractivity contribution < 1.29 is 4.74 Å². The molecule has 19 heavy (non-hydrogen) atoms. The first-order chi connectivity index (χ1) is 9.29. The summed E-state index contributed by atoms with van der Waals surface area (Å²) in [4.78, 5) is 9.93. The van der Waals surface area contributed by atoms with E-state index in [1.165, 1.54) is 0 Å². The molecular formula is C15H16N2O2. The molecule has 2 aromatic carbocycles. The predicted octanol–water partition coefficient (Wildman–Crippen LogP) is 3.47. The van der Waals surface area contributed by atoms with Gasteiger partial charge in [0, 0.05) is 12.1 Å². The van der Waals surface area contributed by atoms with Gasteiger partial charge < -0.3 is 10.5 Å². The van der Waals surface area contributed by atoms with Crippen molar-refractivity contribution in [3.63, 3.8) is 0 Å². The first-order valence-corrected chi connectivity index (χ1v) is 6.17. The van der Waals surface area contributed by atoms with Crippen molar-refractivity contribution >= 4 is 5.69 Å². The summed E-state index contributed by atoms with van der Waals surface area (Å²) in [6.45, 7) is 0.802. The van der Waals surface area contributed by atoms with Crippen LogP contribution in [0.3, 0.4) is 0 Å². The molecule has 0 aromatic heterocycles. The van der Waals surface area contributed by atoms with E-state index >= 15 is 0 Å². The molecule has 4 nitrogen and oxygen atoms in total. The minimum atomic E-state index is 0.295. The maximum Gasteiger partial charge on any atom is 0.119 e. The van der Waals surface area contributed by atoms with Gasteiger partial charge in [-0.15, -0.1) is 0 Å². The zero-order valence-corrected chi connectivity index (χ0v) is 10.6. The number of anilines is 1. The van der Waals surface area contributed by atoms with Gasteiger partial charge in [0.2, 0.25) is 0 Å². The topological polar surface area (TPSA) is 64.7 Å². The molecule has 0 bridgehead atoms. The van der Waals surface area contributed by atoms with E-state index < -0.39 is 0 Å². The Balaban J connectivity index is 1.98. The molecule has 0 aliphatic heterocycles. The molecule has 0 fully saturated rings. The molecule has 0 radical (unpaired) electrons. The number of benzene rings is 2. The van der Waals surface area contributed by atoms with E-state index in [0.29, 0.717) is 19.6 Å². The minimum Gasteiger partial charge on any atom is -0.494 e. The van der Waals surface area contributed by atoms with Gasteiger partial charge in [-0.05, 0) is 35.4 Å². The van der Waals surface area contributed by atoms with E-state index in [2.05, 4.69) is 5.18 Å². The maximum absolute atomic E-state index is 9.93. The number of nitrogen functional groups attached to an aromatic ring is 1. The van der Waals surface area contributed by atoms with Crippen molar-refractivity contribution in [1.82, 2.24) is 0 Å². The molecule has 0 unspecified atom stereocenters. The number of ether oxygens (including phenoxy) is 1. The van der Waals surface area contributed by atoms with E-state index in [9.17, 15) is 4.91 Å². The number of hydrogen-bond donors (Lipinski definition) is 1. The lowest BCUT2D eigenvalue weighted by Crippen LogP contribution is -1.98. The molecule has 0 spiro atoms. The van der Waals surface area contributed by atoms with E-state index in [0.717, 1.165) is 22.6 Å². The Hall–Kier alpha value is -2.36. The molecule has 2 aromatic rings. The standard InChI is InChI=1S/C15H16N2O2/c16-14-6-2-12(3-7-14)13-4-8-15(9-5-13)19-11-1-10-17-18/h2-9H,1,10-11,16H2. The third-order valence-electron chi connectivity index (χ3n) is 2.76. The van der Waals surface area contributed by atoms with E-state index in [1.54, 1.807) is 0 Å². The number of nitrogens with two attached hydrogens (primary N) is 1. The van der Waals surface area contributed by atoms with Gasteiger partial charge in [0.05, 0.1) is 13.2 Å². The molecule has 0 heterocycles. The maximum atomic E-state index is 9.93. The molecule has 0 saturated carbocycles. The smallest absolute Gasteiger partial charge is 0.119 e. The Kier molecular flexibility index (Phi) is 4.50. The van der Waals surface area contributed by atoms with Crippen LogP contribution in [0, 0.1) is 4.91 Å². The van der Waals surface area contributed by atoms with Crippen LogP contribution in [0.4, 0.5) is 5.69 Å².